The number of hydrogen-bond acceptors (Lipinski definition) is 5. The van der Waals surface area contributed by atoms with Crippen molar-refractivity contribution >= 4 is 17.6 Å². The first-order valence-electron chi connectivity index (χ1n) is 6.24. The van der Waals surface area contributed by atoms with Crippen molar-refractivity contribution in [1.29, 1.82) is 0 Å². The van der Waals surface area contributed by atoms with Gasteiger partial charge >= 0.3 is 5.97 Å². The summed E-state index contributed by atoms with van der Waals surface area (Å²) in [5.74, 6) is -5.05. The lowest BCUT2D eigenvalue weighted by Crippen LogP contribution is -2.19. The van der Waals surface area contributed by atoms with Crippen LogP contribution >= 0.6 is 0 Å². The molecule has 120 valence electrons. The SMILES string of the molecule is COC(=O)c1cnncc1NC(=O)Cc1c(F)cc(F)cc1F. The van der Waals surface area contributed by atoms with Crippen LogP contribution in [0.1, 0.15) is 15.9 Å². The van der Waals surface area contributed by atoms with E-state index in [2.05, 4.69) is 20.3 Å². The highest BCUT2D eigenvalue weighted by Crippen LogP contribution is 2.17. The fourth-order valence-electron chi connectivity index (χ4n) is 1.79. The van der Waals surface area contributed by atoms with Gasteiger partial charge in [0.15, 0.2) is 0 Å². The summed E-state index contributed by atoms with van der Waals surface area (Å²) in [4.78, 5) is 23.4. The van der Waals surface area contributed by atoms with Gasteiger partial charge in [0.25, 0.3) is 0 Å². The predicted octanol–water partition coefficient (Wildman–Crippen LogP) is 1.86. The molecule has 0 aliphatic heterocycles. The number of carbonyl (C=O) groups is 2. The van der Waals surface area contributed by atoms with E-state index in [-0.39, 0.29) is 11.3 Å². The molecule has 0 unspecified atom stereocenters. The molecule has 0 saturated heterocycles. The molecular weight excluding hydrogens is 315 g/mol. The van der Waals surface area contributed by atoms with Crippen LogP contribution in [0.15, 0.2) is 24.5 Å². The zero-order valence-corrected chi connectivity index (χ0v) is 11.8. The van der Waals surface area contributed by atoms with Crippen LogP contribution in [-0.2, 0) is 16.0 Å². The summed E-state index contributed by atoms with van der Waals surface area (Å²) in [7, 11) is 1.14. The predicted molar refractivity (Wildman–Crippen MR) is 72.0 cm³/mol. The van der Waals surface area contributed by atoms with E-state index < -0.39 is 41.3 Å². The van der Waals surface area contributed by atoms with Crippen LogP contribution in [0.25, 0.3) is 0 Å². The molecule has 2 aromatic rings. The largest absolute Gasteiger partial charge is 0.465 e. The van der Waals surface area contributed by atoms with E-state index in [9.17, 15) is 22.8 Å². The molecule has 0 aliphatic rings. The third kappa shape index (κ3) is 3.82. The van der Waals surface area contributed by atoms with Crippen molar-refractivity contribution in [3.8, 4) is 0 Å². The van der Waals surface area contributed by atoms with Crippen molar-refractivity contribution in [2.75, 3.05) is 12.4 Å². The van der Waals surface area contributed by atoms with E-state index in [0.29, 0.717) is 12.1 Å². The summed E-state index contributed by atoms with van der Waals surface area (Å²) < 4.78 is 44.4. The zero-order chi connectivity index (χ0) is 17.0. The molecular formula is C14H10F3N3O3. The Morgan fingerprint density at radius 2 is 1.74 bits per heavy atom. The third-order valence-electron chi connectivity index (χ3n) is 2.85. The third-order valence-corrected chi connectivity index (χ3v) is 2.85. The van der Waals surface area contributed by atoms with Gasteiger partial charge in [0.05, 0.1) is 31.6 Å². The molecule has 2 rings (SSSR count). The second kappa shape index (κ2) is 6.86. The van der Waals surface area contributed by atoms with Crippen LogP contribution in [0.2, 0.25) is 0 Å². The Bertz CT molecular complexity index is 745. The minimum atomic E-state index is -1.18. The fourth-order valence-corrected chi connectivity index (χ4v) is 1.79. The molecule has 1 N–H and O–H groups in total. The minimum absolute atomic E-state index is 0.0280. The molecule has 6 nitrogen and oxygen atoms in total. The number of aromatic nitrogens is 2. The van der Waals surface area contributed by atoms with Gasteiger partial charge in [-0.1, -0.05) is 0 Å². The monoisotopic (exact) mass is 325 g/mol. The Morgan fingerprint density at radius 3 is 2.35 bits per heavy atom. The first kappa shape index (κ1) is 16.4. The lowest BCUT2D eigenvalue weighted by atomic mass is 10.1. The molecule has 23 heavy (non-hydrogen) atoms. The van der Waals surface area contributed by atoms with E-state index in [1.165, 1.54) is 0 Å². The highest BCUT2D eigenvalue weighted by atomic mass is 19.1. The Morgan fingerprint density at radius 1 is 1.13 bits per heavy atom. The van der Waals surface area contributed by atoms with Crippen molar-refractivity contribution in [2.24, 2.45) is 0 Å². The molecule has 1 amide bonds. The number of amides is 1. The molecule has 0 radical (unpaired) electrons. The van der Waals surface area contributed by atoms with Gasteiger partial charge in [0.2, 0.25) is 5.91 Å². The number of carbonyl (C=O) groups excluding carboxylic acids is 2. The van der Waals surface area contributed by atoms with E-state index in [1.54, 1.807) is 0 Å². The van der Waals surface area contributed by atoms with Gasteiger partial charge in [-0.15, -0.1) is 0 Å². The lowest BCUT2D eigenvalue weighted by molar-refractivity contribution is -0.115. The summed E-state index contributed by atoms with van der Waals surface area (Å²) in [5.41, 5.74) is -0.693. The highest BCUT2D eigenvalue weighted by Gasteiger charge is 2.18. The molecule has 0 saturated carbocycles. The smallest absolute Gasteiger partial charge is 0.341 e. The topological polar surface area (TPSA) is 81.2 Å². The molecule has 0 bridgehead atoms. The number of methoxy groups -OCH3 is 1. The molecule has 0 spiro atoms. The number of esters is 1. The number of anilines is 1. The van der Waals surface area contributed by atoms with Crippen LogP contribution in [0.3, 0.4) is 0 Å². The Hall–Kier alpha value is -2.97. The van der Waals surface area contributed by atoms with Crippen LogP contribution in [-0.4, -0.2) is 29.2 Å². The number of ether oxygens (including phenoxy) is 1. The second-order valence-corrected chi connectivity index (χ2v) is 4.38. The summed E-state index contributed by atoms with van der Waals surface area (Å²) in [6, 6.07) is 0.944. The van der Waals surface area contributed by atoms with Crippen LogP contribution in [0, 0.1) is 17.5 Å². The number of nitrogens with one attached hydrogen (secondary N) is 1. The van der Waals surface area contributed by atoms with Gasteiger partial charge in [0, 0.05) is 17.7 Å². The van der Waals surface area contributed by atoms with Gasteiger partial charge in [-0.2, -0.15) is 10.2 Å². The molecule has 1 heterocycles. The Balaban J connectivity index is 2.20. The van der Waals surface area contributed by atoms with Gasteiger partial charge in [-0.25, -0.2) is 18.0 Å². The van der Waals surface area contributed by atoms with Gasteiger partial charge < -0.3 is 10.1 Å². The van der Waals surface area contributed by atoms with Crippen LogP contribution in [0.4, 0.5) is 18.9 Å². The second-order valence-electron chi connectivity index (χ2n) is 4.38. The number of nitrogens with zero attached hydrogens (tertiary/aromatic N) is 2. The van der Waals surface area contributed by atoms with E-state index in [0.717, 1.165) is 19.5 Å². The van der Waals surface area contributed by atoms with E-state index >= 15 is 0 Å². The van der Waals surface area contributed by atoms with E-state index in [4.69, 9.17) is 0 Å². The molecule has 1 aromatic heterocycles. The maximum absolute atomic E-state index is 13.5. The summed E-state index contributed by atoms with van der Waals surface area (Å²) in [6.45, 7) is 0. The van der Waals surface area contributed by atoms with Gasteiger partial charge in [-0.05, 0) is 0 Å². The van der Waals surface area contributed by atoms with Crippen molar-refractivity contribution in [3.05, 3.63) is 53.1 Å². The van der Waals surface area contributed by atoms with Crippen molar-refractivity contribution in [3.63, 3.8) is 0 Å². The lowest BCUT2D eigenvalue weighted by Gasteiger charge is -2.09. The number of rotatable bonds is 4. The minimum Gasteiger partial charge on any atom is -0.465 e. The summed E-state index contributed by atoms with van der Waals surface area (Å²) in [6.07, 6.45) is 1.46. The maximum atomic E-state index is 13.5. The standard InChI is InChI=1S/C14H10F3N3O3/c1-23-14(22)9-5-18-19-6-12(9)20-13(21)4-8-10(16)2-7(15)3-11(8)17/h2-3,5-6H,4H2,1H3,(H,18,20,21). The highest BCUT2D eigenvalue weighted by molar-refractivity contribution is 6.01. The Labute approximate surface area is 128 Å². The van der Waals surface area contributed by atoms with Crippen molar-refractivity contribution in [1.82, 2.24) is 10.2 Å². The molecule has 0 aliphatic carbocycles. The van der Waals surface area contributed by atoms with E-state index in [1.807, 2.05) is 0 Å². The first-order chi connectivity index (χ1) is 10.9. The van der Waals surface area contributed by atoms with Crippen LogP contribution in [0.5, 0.6) is 0 Å². The maximum Gasteiger partial charge on any atom is 0.341 e. The first-order valence-corrected chi connectivity index (χ1v) is 6.24. The molecule has 0 fully saturated rings. The number of benzene rings is 1. The summed E-state index contributed by atoms with van der Waals surface area (Å²) >= 11 is 0. The quantitative estimate of drug-likeness (QED) is 0.868. The molecule has 9 heteroatoms. The number of halogens is 3. The average Bonchev–Trinajstić information content (AvgIpc) is 2.50. The molecule has 0 atom stereocenters. The van der Waals surface area contributed by atoms with Gasteiger partial charge in [0.1, 0.15) is 23.0 Å². The Kier molecular flexibility index (Phi) is 4.89. The normalized spacial score (nSPS) is 10.3. The van der Waals surface area contributed by atoms with Crippen molar-refractivity contribution < 1.29 is 27.5 Å². The zero-order valence-electron chi connectivity index (χ0n) is 11.8. The van der Waals surface area contributed by atoms with Gasteiger partial charge in [-0.3, -0.25) is 4.79 Å². The number of hydrogen-bond donors (Lipinski definition) is 1. The summed E-state index contributed by atoms with van der Waals surface area (Å²) in [5, 5.41) is 9.25. The van der Waals surface area contributed by atoms with Crippen LogP contribution < -0.4 is 5.32 Å². The molecule has 1 aromatic carbocycles. The fraction of sp³-hybridized carbons (Fsp3) is 0.143. The van der Waals surface area contributed by atoms with Crippen molar-refractivity contribution in [2.45, 2.75) is 6.42 Å². The average molecular weight is 325 g/mol.